The van der Waals surface area contributed by atoms with Crippen molar-refractivity contribution in [3.8, 4) is 0 Å². The molecule has 2 heterocycles. The van der Waals surface area contributed by atoms with Gasteiger partial charge >= 0.3 is 6.09 Å². The summed E-state index contributed by atoms with van der Waals surface area (Å²) < 4.78 is 10.9. The Hall–Kier alpha value is -0.810. The van der Waals surface area contributed by atoms with Crippen LogP contribution in [0.2, 0.25) is 0 Å². The zero-order chi connectivity index (χ0) is 11.8. The van der Waals surface area contributed by atoms with Gasteiger partial charge in [-0.25, -0.2) is 4.79 Å². The molecule has 2 atom stereocenters. The predicted molar refractivity (Wildman–Crippen MR) is 59.3 cm³/mol. The normalized spacial score (nSPS) is 30.1. The summed E-state index contributed by atoms with van der Waals surface area (Å²) in [5.41, 5.74) is -0.429. The molecule has 2 aliphatic heterocycles. The molecule has 2 fully saturated rings. The molecule has 5 nitrogen and oxygen atoms in total. The van der Waals surface area contributed by atoms with E-state index in [1.54, 1.807) is 4.90 Å². The molecule has 0 radical (unpaired) electrons. The van der Waals surface area contributed by atoms with Crippen molar-refractivity contribution in [2.24, 2.45) is 0 Å². The Morgan fingerprint density at radius 2 is 2.25 bits per heavy atom. The van der Waals surface area contributed by atoms with Crippen LogP contribution in [0.3, 0.4) is 0 Å². The van der Waals surface area contributed by atoms with Crippen LogP contribution in [0.4, 0.5) is 4.79 Å². The lowest BCUT2D eigenvalue weighted by atomic mass is 10.0. The fourth-order valence-electron chi connectivity index (χ4n) is 1.98. The van der Waals surface area contributed by atoms with Gasteiger partial charge in [0, 0.05) is 13.1 Å². The van der Waals surface area contributed by atoms with Gasteiger partial charge < -0.3 is 14.8 Å². The number of hydrogen-bond acceptors (Lipinski definition) is 4. The Labute approximate surface area is 96.1 Å². The van der Waals surface area contributed by atoms with E-state index in [4.69, 9.17) is 9.47 Å². The Bertz CT molecular complexity index is 275. The van der Waals surface area contributed by atoms with Crippen LogP contribution in [0.5, 0.6) is 0 Å². The molecule has 2 aliphatic rings. The molecule has 0 aromatic heterocycles. The zero-order valence-electron chi connectivity index (χ0n) is 10.2. The van der Waals surface area contributed by atoms with Gasteiger partial charge in [-0.15, -0.1) is 0 Å². The zero-order valence-corrected chi connectivity index (χ0v) is 10.2. The monoisotopic (exact) mass is 228 g/mol. The number of hydrogen-bond donors (Lipinski definition) is 1. The van der Waals surface area contributed by atoms with Crippen LogP contribution in [0, 0.1) is 0 Å². The number of fused-ring (bicyclic) bond motifs is 1. The third-order valence-corrected chi connectivity index (χ3v) is 2.80. The summed E-state index contributed by atoms with van der Waals surface area (Å²) in [5, 5.41) is 3.25. The first-order chi connectivity index (χ1) is 7.47. The van der Waals surface area contributed by atoms with Gasteiger partial charge in [-0.3, -0.25) is 4.90 Å². The van der Waals surface area contributed by atoms with Gasteiger partial charge in [0.05, 0.1) is 25.3 Å². The summed E-state index contributed by atoms with van der Waals surface area (Å²) in [6, 6.07) is 0.136. The van der Waals surface area contributed by atoms with Crippen LogP contribution in [-0.4, -0.2) is 55.0 Å². The second-order valence-corrected chi connectivity index (χ2v) is 5.31. The topological polar surface area (TPSA) is 50.8 Å². The molecule has 1 N–H and O–H groups in total. The number of carbonyl (C=O) groups excluding carboxylic acids is 1. The van der Waals surface area contributed by atoms with Crippen molar-refractivity contribution in [3.05, 3.63) is 0 Å². The van der Waals surface area contributed by atoms with Gasteiger partial charge in [0.2, 0.25) is 0 Å². The molecule has 0 unspecified atom stereocenters. The molecule has 92 valence electrons. The van der Waals surface area contributed by atoms with E-state index in [2.05, 4.69) is 5.32 Å². The van der Waals surface area contributed by atoms with E-state index >= 15 is 0 Å². The summed E-state index contributed by atoms with van der Waals surface area (Å²) >= 11 is 0. The van der Waals surface area contributed by atoms with Gasteiger partial charge in [0.1, 0.15) is 5.60 Å². The molecule has 0 aromatic carbocycles. The number of amides is 1. The van der Waals surface area contributed by atoms with Crippen molar-refractivity contribution in [3.63, 3.8) is 0 Å². The van der Waals surface area contributed by atoms with Crippen LogP contribution >= 0.6 is 0 Å². The Morgan fingerprint density at radius 3 is 2.94 bits per heavy atom. The van der Waals surface area contributed by atoms with Crippen LogP contribution in [0.15, 0.2) is 0 Å². The second-order valence-electron chi connectivity index (χ2n) is 5.31. The molecule has 2 rings (SSSR count). The number of carbonyl (C=O) groups is 1. The lowest BCUT2D eigenvalue weighted by molar-refractivity contribution is -0.0903. The van der Waals surface area contributed by atoms with Gasteiger partial charge in [-0.2, -0.15) is 0 Å². The van der Waals surface area contributed by atoms with Crippen LogP contribution < -0.4 is 5.32 Å². The summed E-state index contributed by atoms with van der Waals surface area (Å²) in [4.78, 5) is 13.6. The molecule has 0 bridgehead atoms. The number of likely N-dealkylation sites (tertiary alicyclic amines) is 1. The van der Waals surface area contributed by atoms with Gasteiger partial charge in [-0.1, -0.05) is 0 Å². The molecule has 0 aromatic rings. The van der Waals surface area contributed by atoms with Crippen molar-refractivity contribution in [1.82, 2.24) is 10.2 Å². The standard InChI is InChI=1S/C11H20N2O3/c1-11(2,3)16-10(14)13-7-9-8(13)6-12-4-5-15-9/h8-9,12H,4-7H2,1-3H3/t8-,9-/m1/s1. The molecule has 0 aliphatic carbocycles. The van der Waals surface area contributed by atoms with Crippen LogP contribution in [-0.2, 0) is 9.47 Å². The Balaban J connectivity index is 1.90. The fourth-order valence-corrected chi connectivity index (χ4v) is 1.98. The lowest BCUT2D eigenvalue weighted by Crippen LogP contribution is -2.65. The van der Waals surface area contributed by atoms with E-state index in [9.17, 15) is 4.79 Å². The summed E-state index contributed by atoms with van der Waals surface area (Å²) in [5.74, 6) is 0. The van der Waals surface area contributed by atoms with Crippen molar-refractivity contribution >= 4 is 6.09 Å². The van der Waals surface area contributed by atoms with E-state index in [0.29, 0.717) is 6.54 Å². The number of nitrogens with zero attached hydrogens (tertiary/aromatic N) is 1. The van der Waals surface area contributed by atoms with Crippen LogP contribution in [0.1, 0.15) is 20.8 Å². The molecule has 5 heteroatoms. The number of rotatable bonds is 0. The van der Waals surface area contributed by atoms with Crippen LogP contribution in [0.25, 0.3) is 0 Å². The quantitative estimate of drug-likeness (QED) is 0.659. The summed E-state index contributed by atoms with van der Waals surface area (Å²) in [6.45, 7) is 8.67. The minimum absolute atomic E-state index is 0.136. The van der Waals surface area contributed by atoms with E-state index in [-0.39, 0.29) is 18.2 Å². The smallest absolute Gasteiger partial charge is 0.410 e. The second kappa shape index (κ2) is 4.22. The first-order valence-electron chi connectivity index (χ1n) is 5.79. The first kappa shape index (κ1) is 11.7. The average molecular weight is 228 g/mol. The third-order valence-electron chi connectivity index (χ3n) is 2.80. The molecule has 2 saturated heterocycles. The van der Waals surface area contributed by atoms with Gasteiger partial charge in [0.15, 0.2) is 0 Å². The summed E-state index contributed by atoms with van der Waals surface area (Å²) in [6.07, 6.45) is -0.0523. The van der Waals surface area contributed by atoms with E-state index in [1.807, 2.05) is 20.8 Å². The predicted octanol–water partition coefficient (Wildman–Crippen LogP) is 0.594. The molecule has 16 heavy (non-hydrogen) atoms. The van der Waals surface area contributed by atoms with Crippen molar-refractivity contribution in [2.45, 2.75) is 38.5 Å². The maximum absolute atomic E-state index is 11.8. The van der Waals surface area contributed by atoms with Crippen molar-refractivity contribution in [2.75, 3.05) is 26.2 Å². The third kappa shape index (κ3) is 2.47. The fraction of sp³-hybridized carbons (Fsp3) is 0.909. The number of ether oxygens (including phenoxy) is 2. The van der Waals surface area contributed by atoms with Crippen molar-refractivity contribution < 1.29 is 14.3 Å². The first-order valence-corrected chi connectivity index (χ1v) is 5.79. The molecule has 1 amide bonds. The molecular formula is C11H20N2O3. The van der Waals surface area contributed by atoms with E-state index in [0.717, 1.165) is 19.7 Å². The maximum Gasteiger partial charge on any atom is 0.410 e. The SMILES string of the molecule is CC(C)(C)OC(=O)N1C[C@H]2OCCNC[C@H]21. The largest absolute Gasteiger partial charge is 0.444 e. The summed E-state index contributed by atoms with van der Waals surface area (Å²) in [7, 11) is 0. The minimum atomic E-state index is -0.429. The molecular weight excluding hydrogens is 208 g/mol. The average Bonchev–Trinajstić information content (AvgIpc) is 2.25. The molecule has 0 spiro atoms. The Kier molecular flexibility index (Phi) is 3.08. The lowest BCUT2D eigenvalue weighted by Gasteiger charge is -2.46. The van der Waals surface area contributed by atoms with Gasteiger partial charge in [-0.05, 0) is 20.8 Å². The van der Waals surface area contributed by atoms with Gasteiger partial charge in [0.25, 0.3) is 0 Å². The highest BCUT2D eigenvalue weighted by Gasteiger charge is 2.44. The van der Waals surface area contributed by atoms with E-state index < -0.39 is 5.60 Å². The maximum atomic E-state index is 11.8. The highest BCUT2D eigenvalue weighted by atomic mass is 16.6. The minimum Gasteiger partial charge on any atom is -0.444 e. The highest BCUT2D eigenvalue weighted by molar-refractivity contribution is 5.70. The van der Waals surface area contributed by atoms with Crippen molar-refractivity contribution in [1.29, 1.82) is 0 Å². The number of nitrogens with one attached hydrogen (secondary N) is 1. The Morgan fingerprint density at radius 1 is 1.50 bits per heavy atom. The van der Waals surface area contributed by atoms with E-state index in [1.165, 1.54) is 0 Å². The highest BCUT2D eigenvalue weighted by Crippen LogP contribution is 2.24. The molecule has 0 saturated carbocycles.